The van der Waals surface area contributed by atoms with E-state index in [2.05, 4.69) is 0 Å². The van der Waals surface area contributed by atoms with Crippen molar-refractivity contribution in [3.05, 3.63) is 0 Å². The minimum Gasteiger partial charge on any atom is -0.330 e. The van der Waals surface area contributed by atoms with Crippen LogP contribution in [0.3, 0.4) is 0 Å². The second-order valence-corrected chi connectivity index (χ2v) is 4.97. The highest BCUT2D eigenvalue weighted by molar-refractivity contribution is 5.83. The number of rotatable bonds is 6. The molecule has 0 spiro atoms. The van der Waals surface area contributed by atoms with Gasteiger partial charge in [0.2, 0.25) is 5.91 Å². The van der Waals surface area contributed by atoms with E-state index in [4.69, 9.17) is 5.73 Å². The summed E-state index contributed by atoms with van der Waals surface area (Å²) in [5.74, 6) is -0.435. The van der Waals surface area contributed by atoms with Gasteiger partial charge in [0.15, 0.2) is 0 Å². The molecule has 1 amide bonds. The SMILES string of the molecule is CCC(CC)(CN)C(=O)N(CC(F)(F)F)C1CC1. The minimum absolute atomic E-state index is 0.0971. The Morgan fingerprint density at radius 2 is 1.78 bits per heavy atom. The number of nitrogens with zero attached hydrogens (tertiary/aromatic N) is 1. The lowest BCUT2D eigenvalue weighted by Gasteiger charge is -2.35. The van der Waals surface area contributed by atoms with E-state index in [1.54, 1.807) is 13.8 Å². The summed E-state index contributed by atoms with van der Waals surface area (Å²) in [5, 5.41) is 0. The van der Waals surface area contributed by atoms with Crippen molar-refractivity contribution in [2.24, 2.45) is 11.1 Å². The first-order valence-corrected chi connectivity index (χ1v) is 6.37. The van der Waals surface area contributed by atoms with Crippen LogP contribution in [-0.2, 0) is 4.79 Å². The third-order valence-electron chi connectivity index (χ3n) is 3.80. The van der Waals surface area contributed by atoms with Crippen molar-refractivity contribution in [3.8, 4) is 0 Å². The van der Waals surface area contributed by atoms with E-state index in [1.165, 1.54) is 0 Å². The summed E-state index contributed by atoms with van der Waals surface area (Å²) in [4.78, 5) is 13.3. The van der Waals surface area contributed by atoms with Crippen molar-refractivity contribution < 1.29 is 18.0 Å². The molecule has 1 fully saturated rings. The molecule has 0 aliphatic heterocycles. The molecule has 0 bridgehead atoms. The van der Waals surface area contributed by atoms with Gasteiger partial charge in [-0.2, -0.15) is 13.2 Å². The molecular formula is C12H21F3N2O. The molecule has 106 valence electrons. The van der Waals surface area contributed by atoms with Crippen LogP contribution in [0.4, 0.5) is 13.2 Å². The van der Waals surface area contributed by atoms with Gasteiger partial charge in [-0.05, 0) is 25.7 Å². The van der Waals surface area contributed by atoms with Gasteiger partial charge in [-0.3, -0.25) is 4.79 Å². The molecule has 3 nitrogen and oxygen atoms in total. The van der Waals surface area contributed by atoms with Crippen LogP contribution in [0.5, 0.6) is 0 Å². The predicted octanol–water partition coefficient (Wildman–Crippen LogP) is 2.30. The zero-order valence-corrected chi connectivity index (χ0v) is 10.9. The van der Waals surface area contributed by atoms with Gasteiger partial charge in [-0.1, -0.05) is 13.8 Å². The van der Waals surface area contributed by atoms with Gasteiger partial charge in [0.1, 0.15) is 6.54 Å². The molecule has 1 saturated carbocycles. The van der Waals surface area contributed by atoms with Crippen LogP contribution in [0.25, 0.3) is 0 Å². The average molecular weight is 266 g/mol. The minimum atomic E-state index is -4.35. The van der Waals surface area contributed by atoms with E-state index in [9.17, 15) is 18.0 Å². The Bertz CT molecular complexity index is 288. The Hall–Kier alpha value is -0.780. The number of carbonyl (C=O) groups excluding carboxylic acids is 1. The van der Waals surface area contributed by atoms with E-state index in [0.29, 0.717) is 25.7 Å². The average Bonchev–Trinajstić information content (AvgIpc) is 3.11. The van der Waals surface area contributed by atoms with Gasteiger partial charge in [-0.25, -0.2) is 0 Å². The highest BCUT2D eigenvalue weighted by Crippen LogP contribution is 2.36. The Morgan fingerprint density at radius 3 is 2.06 bits per heavy atom. The summed E-state index contributed by atoms with van der Waals surface area (Å²) in [6.45, 7) is 2.54. The van der Waals surface area contributed by atoms with Gasteiger partial charge >= 0.3 is 6.18 Å². The molecule has 2 N–H and O–H groups in total. The lowest BCUT2D eigenvalue weighted by molar-refractivity contribution is -0.169. The largest absolute Gasteiger partial charge is 0.406 e. The van der Waals surface area contributed by atoms with Gasteiger partial charge in [-0.15, -0.1) is 0 Å². The molecule has 18 heavy (non-hydrogen) atoms. The van der Waals surface area contributed by atoms with Crippen molar-refractivity contribution in [1.29, 1.82) is 0 Å². The topological polar surface area (TPSA) is 46.3 Å². The van der Waals surface area contributed by atoms with E-state index in [-0.39, 0.29) is 12.6 Å². The maximum atomic E-state index is 12.5. The Kier molecular flexibility index (Phi) is 4.64. The molecule has 0 aromatic rings. The third-order valence-corrected chi connectivity index (χ3v) is 3.80. The van der Waals surface area contributed by atoms with Crippen LogP contribution >= 0.6 is 0 Å². The monoisotopic (exact) mass is 266 g/mol. The fourth-order valence-corrected chi connectivity index (χ4v) is 2.18. The summed E-state index contributed by atoms with van der Waals surface area (Å²) < 4.78 is 37.6. The highest BCUT2D eigenvalue weighted by Gasteiger charge is 2.46. The van der Waals surface area contributed by atoms with Crippen LogP contribution in [0, 0.1) is 5.41 Å². The van der Waals surface area contributed by atoms with Crippen LogP contribution in [-0.4, -0.2) is 36.1 Å². The number of carbonyl (C=O) groups is 1. The molecule has 1 rings (SSSR count). The Morgan fingerprint density at radius 1 is 1.28 bits per heavy atom. The molecule has 0 unspecified atom stereocenters. The smallest absolute Gasteiger partial charge is 0.330 e. The summed E-state index contributed by atoms with van der Waals surface area (Å²) >= 11 is 0. The lowest BCUT2D eigenvalue weighted by Crippen LogP contribution is -2.51. The maximum absolute atomic E-state index is 12.5. The van der Waals surface area contributed by atoms with Gasteiger partial charge in [0.05, 0.1) is 5.41 Å². The number of hydrogen-bond acceptors (Lipinski definition) is 2. The summed E-state index contributed by atoms with van der Waals surface area (Å²) in [6.07, 6.45) is -2.08. The zero-order valence-electron chi connectivity index (χ0n) is 10.9. The first-order chi connectivity index (χ1) is 8.29. The molecule has 0 atom stereocenters. The number of halogens is 3. The van der Waals surface area contributed by atoms with E-state index in [0.717, 1.165) is 4.90 Å². The summed E-state index contributed by atoms with van der Waals surface area (Å²) in [7, 11) is 0. The van der Waals surface area contributed by atoms with E-state index >= 15 is 0 Å². The normalized spacial score (nSPS) is 16.8. The van der Waals surface area contributed by atoms with Crippen LogP contribution in [0.15, 0.2) is 0 Å². The first-order valence-electron chi connectivity index (χ1n) is 6.37. The molecule has 0 saturated heterocycles. The molecule has 0 aromatic heterocycles. The third kappa shape index (κ3) is 3.37. The Labute approximate surface area is 106 Å². The standard InChI is InChI=1S/C12H21F3N2O/c1-3-11(4-2,7-16)10(18)17(9-5-6-9)8-12(13,14)15/h9H,3-8,16H2,1-2H3. The van der Waals surface area contributed by atoms with Crippen molar-refractivity contribution in [2.45, 2.75) is 51.7 Å². The molecule has 0 aromatic carbocycles. The predicted molar refractivity (Wildman–Crippen MR) is 62.9 cm³/mol. The second-order valence-electron chi connectivity index (χ2n) is 4.97. The fourth-order valence-electron chi connectivity index (χ4n) is 2.18. The van der Waals surface area contributed by atoms with Crippen LogP contribution in [0.1, 0.15) is 39.5 Å². The quantitative estimate of drug-likeness (QED) is 0.802. The van der Waals surface area contributed by atoms with E-state index in [1.807, 2.05) is 0 Å². The van der Waals surface area contributed by atoms with Crippen LogP contribution in [0.2, 0.25) is 0 Å². The Balaban J connectivity index is 2.88. The molecular weight excluding hydrogens is 245 g/mol. The van der Waals surface area contributed by atoms with Crippen molar-refractivity contribution in [1.82, 2.24) is 4.90 Å². The molecule has 1 aliphatic rings. The summed E-state index contributed by atoms with van der Waals surface area (Å²) in [5.41, 5.74) is 4.78. The summed E-state index contributed by atoms with van der Waals surface area (Å²) in [6, 6.07) is -0.247. The number of alkyl halides is 3. The van der Waals surface area contributed by atoms with Crippen LogP contribution < -0.4 is 5.73 Å². The van der Waals surface area contributed by atoms with Crippen molar-refractivity contribution in [2.75, 3.05) is 13.1 Å². The van der Waals surface area contributed by atoms with Gasteiger partial charge in [0.25, 0.3) is 0 Å². The highest BCUT2D eigenvalue weighted by atomic mass is 19.4. The number of nitrogens with two attached hydrogens (primary N) is 1. The molecule has 6 heteroatoms. The zero-order chi connectivity index (χ0) is 14.0. The van der Waals surface area contributed by atoms with Crippen molar-refractivity contribution in [3.63, 3.8) is 0 Å². The fraction of sp³-hybridized carbons (Fsp3) is 0.917. The van der Waals surface area contributed by atoms with Crippen molar-refractivity contribution >= 4 is 5.91 Å². The maximum Gasteiger partial charge on any atom is 0.406 e. The molecule has 0 heterocycles. The van der Waals surface area contributed by atoms with E-state index < -0.39 is 24.0 Å². The lowest BCUT2D eigenvalue weighted by atomic mass is 9.81. The van der Waals surface area contributed by atoms with Gasteiger partial charge < -0.3 is 10.6 Å². The first kappa shape index (κ1) is 15.3. The number of amides is 1. The van der Waals surface area contributed by atoms with Gasteiger partial charge in [0, 0.05) is 12.6 Å². The number of hydrogen-bond donors (Lipinski definition) is 1. The molecule has 0 radical (unpaired) electrons. The molecule has 1 aliphatic carbocycles. The second kappa shape index (κ2) is 5.47.